The van der Waals surface area contributed by atoms with Crippen molar-refractivity contribution in [3.63, 3.8) is 0 Å². The van der Waals surface area contributed by atoms with Crippen molar-refractivity contribution in [2.24, 2.45) is 0 Å². The number of rotatable bonds is 6. The van der Waals surface area contributed by atoms with Gasteiger partial charge in [0.25, 0.3) is 0 Å². The largest absolute Gasteiger partial charge is 0.478 e. The first-order chi connectivity index (χ1) is 8.06. The Hall–Kier alpha value is -1.07. The molecule has 1 aromatic carbocycles. The summed E-state index contributed by atoms with van der Waals surface area (Å²) in [5.74, 6) is -0.926. The molecule has 4 nitrogen and oxygen atoms in total. The van der Waals surface area contributed by atoms with Crippen molar-refractivity contribution < 1.29 is 14.6 Å². The van der Waals surface area contributed by atoms with Crippen LogP contribution in [0.5, 0.6) is 0 Å². The number of ether oxygens (including phenoxy) is 1. The van der Waals surface area contributed by atoms with Crippen LogP contribution in [0.25, 0.3) is 0 Å². The zero-order chi connectivity index (χ0) is 12.8. The topological polar surface area (TPSA) is 49.8 Å². The van der Waals surface area contributed by atoms with E-state index in [0.717, 1.165) is 4.47 Å². The van der Waals surface area contributed by atoms with E-state index < -0.39 is 5.97 Å². The molecule has 0 saturated heterocycles. The second-order valence-electron chi connectivity index (χ2n) is 3.59. The van der Waals surface area contributed by atoms with Crippen molar-refractivity contribution in [2.45, 2.75) is 6.92 Å². The van der Waals surface area contributed by atoms with Crippen molar-refractivity contribution in [3.8, 4) is 0 Å². The third-order valence-corrected chi connectivity index (χ3v) is 2.87. The molecular formula is C12H16BrNO3. The molecule has 0 radical (unpaired) electrons. The lowest BCUT2D eigenvalue weighted by atomic mass is 10.1. The van der Waals surface area contributed by atoms with Crippen LogP contribution >= 0.6 is 15.9 Å². The number of likely N-dealkylation sites (N-methyl/N-ethyl adjacent to an activating group) is 1. The van der Waals surface area contributed by atoms with E-state index in [4.69, 9.17) is 9.84 Å². The van der Waals surface area contributed by atoms with Gasteiger partial charge in [0.05, 0.1) is 17.9 Å². The van der Waals surface area contributed by atoms with Crippen LogP contribution in [0.1, 0.15) is 17.3 Å². The SMILES string of the molecule is CCOCCN(C)c1ccc(Br)cc1C(=O)O. The number of carboxylic acid groups (broad SMARTS) is 1. The number of hydrogen-bond donors (Lipinski definition) is 1. The van der Waals surface area contributed by atoms with E-state index in [1.54, 1.807) is 12.1 Å². The Bertz CT molecular complexity index is 395. The predicted molar refractivity (Wildman–Crippen MR) is 70.9 cm³/mol. The molecule has 0 saturated carbocycles. The first-order valence-corrected chi connectivity index (χ1v) is 6.17. The van der Waals surface area contributed by atoms with E-state index in [-0.39, 0.29) is 0 Å². The standard InChI is InChI=1S/C12H16BrNO3/c1-3-17-7-6-14(2)11-5-4-9(13)8-10(11)12(15)16/h4-5,8H,3,6-7H2,1-2H3,(H,15,16). The summed E-state index contributed by atoms with van der Waals surface area (Å²) in [7, 11) is 1.86. The third kappa shape index (κ3) is 4.02. The maximum Gasteiger partial charge on any atom is 0.337 e. The number of halogens is 1. The number of nitrogens with zero attached hydrogens (tertiary/aromatic N) is 1. The summed E-state index contributed by atoms with van der Waals surface area (Å²) < 4.78 is 6.01. The molecule has 0 aliphatic heterocycles. The van der Waals surface area contributed by atoms with Crippen molar-refractivity contribution in [3.05, 3.63) is 28.2 Å². The maximum absolute atomic E-state index is 11.1. The van der Waals surface area contributed by atoms with E-state index in [9.17, 15) is 4.79 Å². The van der Waals surface area contributed by atoms with E-state index in [0.29, 0.717) is 31.0 Å². The highest BCUT2D eigenvalue weighted by Crippen LogP contribution is 2.23. The van der Waals surface area contributed by atoms with Gasteiger partial charge in [0.2, 0.25) is 0 Å². The average molecular weight is 302 g/mol. The number of carbonyl (C=O) groups is 1. The van der Waals surface area contributed by atoms with Gasteiger partial charge in [0.1, 0.15) is 0 Å². The number of hydrogen-bond acceptors (Lipinski definition) is 3. The molecule has 0 aliphatic rings. The van der Waals surface area contributed by atoms with E-state index in [2.05, 4.69) is 15.9 Å². The zero-order valence-electron chi connectivity index (χ0n) is 9.94. The van der Waals surface area contributed by atoms with Crippen molar-refractivity contribution in [1.82, 2.24) is 0 Å². The van der Waals surface area contributed by atoms with Crippen LogP contribution in [0.15, 0.2) is 22.7 Å². The monoisotopic (exact) mass is 301 g/mol. The van der Waals surface area contributed by atoms with Gasteiger partial charge in [-0.1, -0.05) is 15.9 Å². The normalized spacial score (nSPS) is 10.3. The van der Waals surface area contributed by atoms with Gasteiger partial charge in [-0.15, -0.1) is 0 Å². The molecule has 0 spiro atoms. The van der Waals surface area contributed by atoms with Crippen LogP contribution in [0.4, 0.5) is 5.69 Å². The molecule has 94 valence electrons. The molecule has 0 bridgehead atoms. The lowest BCUT2D eigenvalue weighted by Crippen LogP contribution is -2.24. The molecular weight excluding hydrogens is 286 g/mol. The Morgan fingerprint density at radius 1 is 1.53 bits per heavy atom. The van der Waals surface area contributed by atoms with Gasteiger partial charge < -0.3 is 14.7 Å². The molecule has 17 heavy (non-hydrogen) atoms. The fraction of sp³-hybridized carbons (Fsp3) is 0.417. The minimum atomic E-state index is -0.926. The van der Waals surface area contributed by atoms with Gasteiger partial charge in [0.15, 0.2) is 0 Å². The summed E-state index contributed by atoms with van der Waals surface area (Å²) in [6, 6.07) is 5.23. The predicted octanol–water partition coefficient (Wildman–Crippen LogP) is 2.62. The van der Waals surface area contributed by atoms with Crippen LogP contribution in [-0.2, 0) is 4.74 Å². The van der Waals surface area contributed by atoms with Gasteiger partial charge in [-0.25, -0.2) is 4.79 Å². The van der Waals surface area contributed by atoms with E-state index in [1.165, 1.54) is 0 Å². The van der Waals surface area contributed by atoms with E-state index in [1.807, 2.05) is 24.9 Å². The highest BCUT2D eigenvalue weighted by atomic mass is 79.9. The first kappa shape index (κ1) is 14.0. The van der Waals surface area contributed by atoms with Crippen LogP contribution in [0.3, 0.4) is 0 Å². The number of aromatic carboxylic acids is 1. The molecule has 0 amide bonds. The van der Waals surface area contributed by atoms with Gasteiger partial charge in [-0.05, 0) is 25.1 Å². The molecule has 1 aromatic rings. The lowest BCUT2D eigenvalue weighted by molar-refractivity contribution is 0.0697. The fourth-order valence-electron chi connectivity index (χ4n) is 1.48. The molecule has 0 unspecified atom stereocenters. The quantitative estimate of drug-likeness (QED) is 0.821. The highest BCUT2D eigenvalue weighted by Gasteiger charge is 2.13. The summed E-state index contributed by atoms with van der Waals surface area (Å²) in [4.78, 5) is 13.0. The van der Waals surface area contributed by atoms with E-state index >= 15 is 0 Å². The summed E-state index contributed by atoms with van der Waals surface area (Å²) >= 11 is 3.27. The number of benzene rings is 1. The van der Waals surface area contributed by atoms with Crippen LogP contribution in [0.2, 0.25) is 0 Å². The molecule has 0 aliphatic carbocycles. The number of anilines is 1. The minimum Gasteiger partial charge on any atom is -0.478 e. The minimum absolute atomic E-state index is 0.290. The maximum atomic E-state index is 11.1. The Labute approximate surface area is 109 Å². The molecule has 1 rings (SSSR count). The molecule has 0 fully saturated rings. The van der Waals surface area contributed by atoms with Crippen LogP contribution in [0, 0.1) is 0 Å². The summed E-state index contributed by atoms with van der Waals surface area (Å²) in [6.45, 7) is 3.85. The Balaban J connectivity index is 2.84. The fourth-order valence-corrected chi connectivity index (χ4v) is 1.84. The van der Waals surface area contributed by atoms with Crippen molar-refractivity contribution in [2.75, 3.05) is 31.7 Å². The Morgan fingerprint density at radius 3 is 2.82 bits per heavy atom. The molecule has 1 N–H and O–H groups in total. The molecule has 0 heterocycles. The molecule has 5 heteroatoms. The Kier molecular flexibility index (Phi) is 5.44. The third-order valence-electron chi connectivity index (χ3n) is 2.38. The first-order valence-electron chi connectivity index (χ1n) is 5.38. The summed E-state index contributed by atoms with van der Waals surface area (Å²) in [5, 5.41) is 9.13. The summed E-state index contributed by atoms with van der Waals surface area (Å²) in [6.07, 6.45) is 0. The van der Waals surface area contributed by atoms with Gasteiger partial charge in [0, 0.05) is 24.7 Å². The van der Waals surface area contributed by atoms with Gasteiger partial charge in [-0.2, -0.15) is 0 Å². The van der Waals surface area contributed by atoms with Gasteiger partial charge in [-0.3, -0.25) is 0 Å². The van der Waals surface area contributed by atoms with Crippen molar-refractivity contribution in [1.29, 1.82) is 0 Å². The summed E-state index contributed by atoms with van der Waals surface area (Å²) in [5.41, 5.74) is 0.985. The zero-order valence-corrected chi connectivity index (χ0v) is 11.5. The van der Waals surface area contributed by atoms with Crippen LogP contribution < -0.4 is 4.90 Å². The lowest BCUT2D eigenvalue weighted by Gasteiger charge is -2.21. The van der Waals surface area contributed by atoms with Gasteiger partial charge >= 0.3 is 5.97 Å². The average Bonchev–Trinajstić information content (AvgIpc) is 2.29. The second-order valence-corrected chi connectivity index (χ2v) is 4.50. The highest BCUT2D eigenvalue weighted by molar-refractivity contribution is 9.10. The second kappa shape index (κ2) is 6.61. The van der Waals surface area contributed by atoms with Crippen LogP contribution in [-0.4, -0.2) is 37.9 Å². The Morgan fingerprint density at radius 2 is 2.24 bits per heavy atom. The number of carboxylic acids is 1. The molecule has 0 aromatic heterocycles. The smallest absolute Gasteiger partial charge is 0.337 e. The molecule has 0 atom stereocenters. The van der Waals surface area contributed by atoms with Crippen molar-refractivity contribution >= 4 is 27.6 Å².